The molecule has 3 atom stereocenters. The van der Waals surface area contributed by atoms with Gasteiger partial charge < -0.3 is 14.3 Å². The Labute approximate surface area is 108 Å². The fraction of sp³-hybridized carbons (Fsp3) is 0.385. The van der Waals surface area contributed by atoms with Gasteiger partial charge in [0.1, 0.15) is 17.4 Å². The number of benzene rings is 1. The average molecular weight is 265 g/mol. The number of ether oxygens (including phenoxy) is 2. The minimum Gasteiger partial charge on any atom is -0.431 e. The van der Waals surface area contributed by atoms with E-state index in [1.165, 1.54) is 12.1 Å². The number of cyclic esters (lactones) is 1. The van der Waals surface area contributed by atoms with Crippen molar-refractivity contribution in [2.24, 2.45) is 11.1 Å². The number of nitrogens with zero attached hydrogens (tertiary/aromatic N) is 1. The molecule has 3 rings (SSSR count). The van der Waals surface area contributed by atoms with Gasteiger partial charge in [-0.1, -0.05) is 17.3 Å². The van der Waals surface area contributed by atoms with E-state index in [9.17, 15) is 9.18 Å². The van der Waals surface area contributed by atoms with Crippen LogP contribution in [0.15, 0.2) is 29.4 Å². The van der Waals surface area contributed by atoms with Gasteiger partial charge >= 0.3 is 5.97 Å². The summed E-state index contributed by atoms with van der Waals surface area (Å²) >= 11 is 0. The first kappa shape index (κ1) is 12.1. The van der Waals surface area contributed by atoms with Crippen LogP contribution < -0.4 is 0 Å². The summed E-state index contributed by atoms with van der Waals surface area (Å²) in [6, 6.07) is 5.74. The van der Waals surface area contributed by atoms with Crippen molar-refractivity contribution in [2.75, 3.05) is 6.61 Å². The molecule has 2 heterocycles. The number of carbonyl (C=O) groups is 1. The van der Waals surface area contributed by atoms with E-state index < -0.39 is 24.3 Å². The maximum Gasteiger partial charge on any atom is 0.321 e. The van der Waals surface area contributed by atoms with E-state index in [1.807, 2.05) is 0 Å². The lowest BCUT2D eigenvalue weighted by molar-refractivity contribution is -0.177. The van der Waals surface area contributed by atoms with Crippen LogP contribution in [0.25, 0.3) is 0 Å². The fourth-order valence-electron chi connectivity index (χ4n) is 2.24. The van der Waals surface area contributed by atoms with Crippen molar-refractivity contribution < 1.29 is 23.5 Å². The van der Waals surface area contributed by atoms with E-state index in [2.05, 4.69) is 5.16 Å². The summed E-state index contributed by atoms with van der Waals surface area (Å²) in [5, 5.41) is 3.92. The molecule has 0 unspecified atom stereocenters. The Kier molecular flexibility index (Phi) is 2.94. The van der Waals surface area contributed by atoms with Crippen LogP contribution in [0, 0.1) is 11.7 Å². The maximum atomic E-state index is 12.9. The van der Waals surface area contributed by atoms with Crippen molar-refractivity contribution >= 4 is 11.7 Å². The van der Waals surface area contributed by atoms with Gasteiger partial charge in [-0.05, 0) is 19.1 Å². The molecule has 0 aliphatic carbocycles. The third kappa shape index (κ3) is 1.98. The van der Waals surface area contributed by atoms with Crippen LogP contribution in [0.3, 0.4) is 0 Å². The number of hydrogen-bond donors (Lipinski definition) is 0. The van der Waals surface area contributed by atoms with Crippen molar-refractivity contribution in [3.8, 4) is 0 Å². The molecule has 1 aromatic rings. The Hall–Kier alpha value is -1.95. The monoisotopic (exact) mass is 265 g/mol. The Morgan fingerprint density at radius 3 is 2.79 bits per heavy atom. The normalized spacial score (nSPS) is 28.6. The van der Waals surface area contributed by atoms with Gasteiger partial charge in [0, 0.05) is 12.2 Å². The number of fused-ring (bicyclic) bond motifs is 1. The molecule has 1 aromatic carbocycles. The van der Waals surface area contributed by atoms with Gasteiger partial charge in [0.25, 0.3) is 0 Å². The van der Waals surface area contributed by atoms with Gasteiger partial charge in [0.15, 0.2) is 0 Å². The Balaban J connectivity index is 1.86. The van der Waals surface area contributed by atoms with E-state index in [0.29, 0.717) is 17.9 Å². The summed E-state index contributed by atoms with van der Waals surface area (Å²) in [7, 11) is 0. The molecule has 2 aliphatic heterocycles. The summed E-state index contributed by atoms with van der Waals surface area (Å²) in [4.78, 5) is 17.1. The molecule has 1 saturated heterocycles. The number of oxime groups is 1. The molecular weight excluding hydrogens is 253 g/mol. The molecule has 0 aromatic heterocycles. The van der Waals surface area contributed by atoms with Crippen molar-refractivity contribution in [2.45, 2.75) is 19.3 Å². The van der Waals surface area contributed by atoms with Gasteiger partial charge in [0.05, 0.1) is 0 Å². The van der Waals surface area contributed by atoms with E-state index >= 15 is 0 Å². The topological polar surface area (TPSA) is 57.1 Å². The first-order valence-corrected chi connectivity index (χ1v) is 6.02. The Morgan fingerprint density at radius 1 is 1.37 bits per heavy atom. The van der Waals surface area contributed by atoms with E-state index in [-0.39, 0.29) is 5.82 Å². The van der Waals surface area contributed by atoms with E-state index in [1.54, 1.807) is 19.1 Å². The molecule has 0 bridgehead atoms. The SMILES string of the molecule is CCO[C@H]1OC(=O)[C@@H]2C(c3ccc(F)cc3)=NO[C@@H]12. The standard InChI is InChI=1S/C13H12FNO4/c1-2-17-13-11-9(12(16)18-13)10(15-19-11)7-3-5-8(14)6-4-7/h3-6,9,11,13H,2H2,1H3/t9-,11-,13+/m1/s1. The summed E-state index contributed by atoms with van der Waals surface area (Å²) in [5.41, 5.74) is 1.10. The van der Waals surface area contributed by atoms with Crippen molar-refractivity contribution in [3.05, 3.63) is 35.6 Å². The predicted octanol–water partition coefficient (Wildman–Crippen LogP) is 1.46. The van der Waals surface area contributed by atoms with Crippen LogP contribution in [0.4, 0.5) is 4.39 Å². The second-order valence-corrected chi connectivity index (χ2v) is 4.29. The third-order valence-corrected chi connectivity index (χ3v) is 3.12. The average Bonchev–Trinajstić information content (AvgIpc) is 2.94. The van der Waals surface area contributed by atoms with Crippen LogP contribution in [-0.2, 0) is 19.1 Å². The first-order valence-electron chi connectivity index (χ1n) is 6.02. The molecule has 0 N–H and O–H groups in total. The highest BCUT2D eigenvalue weighted by atomic mass is 19.1. The van der Waals surface area contributed by atoms with Gasteiger partial charge in [-0.2, -0.15) is 0 Å². The summed E-state index contributed by atoms with van der Waals surface area (Å²) in [6.45, 7) is 2.22. The minimum absolute atomic E-state index is 0.346. The molecule has 0 radical (unpaired) electrons. The number of hydrogen-bond acceptors (Lipinski definition) is 5. The molecule has 2 aliphatic rings. The number of halogens is 1. The van der Waals surface area contributed by atoms with Gasteiger partial charge in [-0.3, -0.25) is 4.79 Å². The quantitative estimate of drug-likeness (QED) is 0.776. The molecular formula is C13H12FNO4. The first-order chi connectivity index (χ1) is 9.20. The lowest BCUT2D eigenvalue weighted by atomic mass is 9.94. The highest BCUT2D eigenvalue weighted by Gasteiger charge is 2.54. The highest BCUT2D eigenvalue weighted by Crippen LogP contribution is 2.34. The second-order valence-electron chi connectivity index (χ2n) is 4.29. The molecule has 5 nitrogen and oxygen atoms in total. The lowest BCUT2D eigenvalue weighted by Gasteiger charge is -2.13. The molecule has 0 saturated carbocycles. The molecule has 0 amide bonds. The van der Waals surface area contributed by atoms with Crippen LogP contribution in [0.5, 0.6) is 0 Å². The molecule has 19 heavy (non-hydrogen) atoms. The van der Waals surface area contributed by atoms with Crippen LogP contribution >= 0.6 is 0 Å². The van der Waals surface area contributed by atoms with Gasteiger partial charge in [-0.25, -0.2) is 4.39 Å². The molecule has 0 spiro atoms. The number of carbonyl (C=O) groups excluding carboxylic acids is 1. The zero-order chi connectivity index (χ0) is 13.4. The third-order valence-electron chi connectivity index (χ3n) is 3.12. The summed E-state index contributed by atoms with van der Waals surface area (Å²) < 4.78 is 23.3. The summed E-state index contributed by atoms with van der Waals surface area (Å²) in [5.74, 6) is -1.38. The molecule has 6 heteroatoms. The van der Waals surface area contributed by atoms with Crippen molar-refractivity contribution in [3.63, 3.8) is 0 Å². The van der Waals surface area contributed by atoms with Crippen LogP contribution in [0.2, 0.25) is 0 Å². The van der Waals surface area contributed by atoms with Crippen molar-refractivity contribution in [1.82, 2.24) is 0 Å². The fourth-order valence-corrected chi connectivity index (χ4v) is 2.24. The summed E-state index contributed by atoms with van der Waals surface area (Å²) in [6.07, 6.45) is -1.29. The van der Waals surface area contributed by atoms with Crippen molar-refractivity contribution in [1.29, 1.82) is 0 Å². The van der Waals surface area contributed by atoms with E-state index in [0.717, 1.165) is 0 Å². The second kappa shape index (κ2) is 4.62. The van der Waals surface area contributed by atoms with Crippen LogP contribution in [0.1, 0.15) is 12.5 Å². The molecule has 100 valence electrons. The largest absolute Gasteiger partial charge is 0.431 e. The number of rotatable bonds is 3. The van der Waals surface area contributed by atoms with Crippen LogP contribution in [-0.4, -0.2) is 30.7 Å². The van der Waals surface area contributed by atoms with Gasteiger partial charge in [0.2, 0.25) is 12.4 Å². The van der Waals surface area contributed by atoms with E-state index in [4.69, 9.17) is 14.3 Å². The molecule has 1 fully saturated rings. The minimum atomic E-state index is -0.732. The predicted molar refractivity (Wildman–Crippen MR) is 62.8 cm³/mol. The highest BCUT2D eigenvalue weighted by molar-refractivity contribution is 6.13. The number of esters is 1. The Morgan fingerprint density at radius 2 is 2.11 bits per heavy atom. The maximum absolute atomic E-state index is 12.9. The van der Waals surface area contributed by atoms with Gasteiger partial charge in [-0.15, -0.1) is 0 Å². The smallest absolute Gasteiger partial charge is 0.321 e. The zero-order valence-electron chi connectivity index (χ0n) is 10.2. The Bertz CT molecular complexity index is 528. The lowest BCUT2D eigenvalue weighted by Crippen LogP contribution is -2.30. The zero-order valence-corrected chi connectivity index (χ0v) is 10.2.